The highest BCUT2D eigenvalue weighted by Gasteiger charge is 2.16. The third-order valence-electron chi connectivity index (χ3n) is 3.69. The standard InChI is InChI=1S/C14H26N4/c1-4-13-14(10-18(3)17-13)16-11(2)9-12-7-5-6-8-15-12/h10-12,15-16H,4-9H2,1-3H3. The van der Waals surface area contributed by atoms with Crippen LogP contribution in [-0.4, -0.2) is 28.4 Å². The predicted molar refractivity (Wildman–Crippen MR) is 75.9 cm³/mol. The van der Waals surface area contributed by atoms with Crippen LogP contribution in [0.4, 0.5) is 5.69 Å². The van der Waals surface area contributed by atoms with Crippen molar-refractivity contribution in [2.75, 3.05) is 11.9 Å². The largest absolute Gasteiger partial charge is 0.380 e. The van der Waals surface area contributed by atoms with E-state index in [0.29, 0.717) is 12.1 Å². The van der Waals surface area contributed by atoms with E-state index in [4.69, 9.17) is 0 Å². The normalized spacial score (nSPS) is 21.8. The van der Waals surface area contributed by atoms with Crippen molar-refractivity contribution in [2.24, 2.45) is 7.05 Å². The summed E-state index contributed by atoms with van der Waals surface area (Å²) in [6, 6.07) is 1.18. The minimum Gasteiger partial charge on any atom is -0.380 e. The Kier molecular flexibility index (Phi) is 4.64. The molecule has 2 unspecified atom stereocenters. The Morgan fingerprint density at radius 2 is 2.39 bits per heavy atom. The van der Waals surface area contributed by atoms with E-state index in [2.05, 4.69) is 35.8 Å². The molecule has 1 fully saturated rings. The number of hydrogen-bond donors (Lipinski definition) is 2. The molecule has 1 aliphatic heterocycles. The van der Waals surface area contributed by atoms with E-state index >= 15 is 0 Å². The van der Waals surface area contributed by atoms with E-state index in [9.17, 15) is 0 Å². The molecule has 0 aromatic carbocycles. The van der Waals surface area contributed by atoms with Gasteiger partial charge in [0.2, 0.25) is 0 Å². The zero-order valence-electron chi connectivity index (χ0n) is 11.9. The van der Waals surface area contributed by atoms with E-state index in [-0.39, 0.29) is 0 Å². The maximum Gasteiger partial charge on any atom is 0.0853 e. The Balaban J connectivity index is 1.87. The summed E-state index contributed by atoms with van der Waals surface area (Å²) in [7, 11) is 1.98. The van der Waals surface area contributed by atoms with Crippen LogP contribution >= 0.6 is 0 Å². The van der Waals surface area contributed by atoms with Crippen LogP contribution in [0.5, 0.6) is 0 Å². The lowest BCUT2D eigenvalue weighted by atomic mass is 9.98. The average molecular weight is 250 g/mol. The molecule has 1 aromatic rings. The molecule has 0 bridgehead atoms. The zero-order valence-corrected chi connectivity index (χ0v) is 11.9. The van der Waals surface area contributed by atoms with E-state index < -0.39 is 0 Å². The molecule has 1 aromatic heterocycles. The minimum absolute atomic E-state index is 0.495. The minimum atomic E-state index is 0.495. The van der Waals surface area contributed by atoms with Crippen LogP contribution in [0, 0.1) is 0 Å². The Labute approximate surface area is 110 Å². The number of anilines is 1. The lowest BCUT2D eigenvalue weighted by Gasteiger charge is -2.26. The first-order chi connectivity index (χ1) is 8.69. The number of piperidine rings is 1. The fraction of sp³-hybridized carbons (Fsp3) is 0.786. The summed E-state index contributed by atoms with van der Waals surface area (Å²) in [6.45, 7) is 5.61. The molecule has 0 spiro atoms. The Bertz CT molecular complexity index is 366. The topological polar surface area (TPSA) is 41.9 Å². The van der Waals surface area contributed by atoms with Crippen molar-refractivity contribution >= 4 is 5.69 Å². The van der Waals surface area contributed by atoms with Gasteiger partial charge < -0.3 is 10.6 Å². The summed E-state index contributed by atoms with van der Waals surface area (Å²) in [4.78, 5) is 0. The molecular formula is C14H26N4. The highest BCUT2D eigenvalue weighted by atomic mass is 15.3. The van der Waals surface area contributed by atoms with Crippen molar-refractivity contribution < 1.29 is 0 Å². The van der Waals surface area contributed by atoms with Gasteiger partial charge in [-0.15, -0.1) is 0 Å². The smallest absolute Gasteiger partial charge is 0.0853 e. The number of rotatable bonds is 5. The molecule has 1 saturated heterocycles. The van der Waals surface area contributed by atoms with Gasteiger partial charge in [-0.05, 0) is 39.2 Å². The van der Waals surface area contributed by atoms with Crippen molar-refractivity contribution in [1.82, 2.24) is 15.1 Å². The molecule has 2 N–H and O–H groups in total. The van der Waals surface area contributed by atoms with Gasteiger partial charge in [0.25, 0.3) is 0 Å². The quantitative estimate of drug-likeness (QED) is 0.842. The monoisotopic (exact) mass is 250 g/mol. The fourth-order valence-electron chi connectivity index (χ4n) is 2.79. The molecule has 4 heteroatoms. The zero-order chi connectivity index (χ0) is 13.0. The van der Waals surface area contributed by atoms with Crippen LogP contribution in [0.1, 0.15) is 45.2 Å². The van der Waals surface area contributed by atoms with Gasteiger partial charge >= 0.3 is 0 Å². The summed E-state index contributed by atoms with van der Waals surface area (Å²) in [5.74, 6) is 0. The second-order valence-corrected chi connectivity index (χ2v) is 5.44. The molecule has 2 heterocycles. The number of hydrogen-bond acceptors (Lipinski definition) is 3. The van der Waals surface area contributed by atoms with Crippen LogP contribution in [0.25, 0.3) is 0 Å². The Hall–Kier alpha value is -1.03. The summed E-state index contributed by atoms with van der Waals surface area (Å²) in [5.41, 5.74) is 2.37. The Morgan fingerprint density at radius 3 is 3.06 bits per heavy atom. The van der Waals surface area contributed by atoms with Gasteiger partial charge in [-0.1, -0.05) is 13.3 Å². The first-order valence-corrected chi connectivity index (χ1v) is 7.21. The van der Waals surface area contributed by atoms with Crippen LogP contribution < -0.4 is 10.6 Å². The van der Waals surface area contributed by atoms with Crippen LogP contribution in [0.15, 0.2) is 6.20 Å². The average Bonchev–Trinajstić information content (AvgIpc) is 2.70. The first kappa shape index (κ1) is 13.4. The van der Waals surface area contributed by atoms with Gasteiger partial charge in [0, 0.05) is 25.3 Å². The maximum absolute atomic E-state index is 4.47. The number of nitrogens with zero attached hydrogens (tertiary/aromatic N) is 2. The number of aryl methyl sites for hydroxylation is 2. The van der Waals surface area contributed by atoms with Crippen molar-refractivity contribution in [3.63, 3.8) is 0 Å². The summed E-state index contributed by atoms with van der Waals surface area (Å²) in [5, 5.41) is 11.7. The van der Waals surface area contributed by atoms with Crippen LogP contribution in [0.2, 0.25) is 0 Å². The highest BCUT2D eigenvalue weighted by molar-refractivity contribution is 5.47. The van der Waals surface area contributed by atoms with Crippen molar-refractivity contribution in [3.05, 3.63) is 11.9 Å². The molecule has 0 radical (unpaired) electrons. The number of nitrogens with one attached hydrogen (secondary N) is 2. The molecule has 4 nitrogen and oxygen atoms in total. The highest BCUT2D eigenvalue weighted by Crippen LogP contribution is 2.18. The lowest BCUT2D eigenvalue weighted by molar-refractivity contribution is 0.371. The van der Waals surface area contributed by atoms with E-state index in [1.807, 2.05) is 11.7 Å². The SMILES string of the molecule is CCc1nn(C)cc1NC(C)CC1CCCCN1. The van der Waals surface area contributed by atoms with Gasteiger partial charge in [0.05, 0.1) is 11.4 Å². The molecule has 0 amide bonds. The Morgan fingerprint density at radius 1 is 1.56 bits per heavy atom. The van der Waals surface area contributed by atoms with E-state index in [1.165, 1.54) is 43.6 Å². The van der Waals surface area contributed by atoms with Crippen molar-refractivity contribution in [2.45, 2.75) is 58.0 Å². The summed E-state index contributed by atoms with van der Waals surface area (Å²) < 4.78 is 1.90. The van der Waals surface area contributed by atoms with Gasteiger partial charge in [-0.2, -0.15) is 5.10 Å². The van der Waals surface area contributed by atoms with Gasteiger partial charge in [-0.3, -0.25) is 4.68 Å². The molecule has 18 heavy (non-hydrogen) atoms. The van der Waals surface area contributed by atoms with Gasteiger partial charge in [0.15, 0.2) is 0 Å². The van der Waals surface area contributed by atoms with Crippen LogP contribution in [0.3, 0.4) is 0 Å². The summed E-state index contributed by atoms with van der Waals surface area (Å²) in [6.07, 6.45) is 8.29. The van der Waals surface area contributed by atoms with E-state index in [0.717, 1.165) is 6.42 Å². The first-order valence-electron chi connectivity index (χ1n) is 7.21. The van der Waals surface area contributed by atoms with Crippen molar-refractivity contribution in [1.29, 1.82) is 0 Å². The van der Waals surface area contributed by atoms with Crippen molar-refractivity contribution in [3.8, 4) is 0 Å². The third-order valence-corrected chi connectivity index (χ3v) is 3.69. The van der Waals surface area contributed by atoms with Gasteiger partial charge in [0.1, 0.15) is 0 Å². The number of aromatic nitrogens is 2. The fourth-order valence-corrected chi connectivity index (χ4v) is 2.79. The second-order valence-electron chi connectivity index (χ2n) is 5.44. The molecule has 1 aliphatic rings. The van der Waals surface area contributed by atoms with Crippen LogP contribution in [-0.2, 0) is 13.5 Å². The second kappa shape index (κ2) is 6.23. The molecule has 102 valence electrons. The lowest BCUT2D eigenvalue weighted by Crippen LogP contribution is -2.37. The molecule has 0 aliphatic carbocycles. The molecular weight excluding hydrogens is 224 g/mol. The molecule has 2 rings (SSSR count). The molecule has 0 saturated carbocycles. The predicted octanol–water partition coefficient (Wildman–Crippen LogP) is 2.32. The maximum atomic E-state index is 4.47. The van der Waals surface area contributed by atoms with Gasteiger partial charge in [-0.25, -0.2) is 0 Å². The summed E-state index contributed by atoms with van der Waals surface area (Å²) >= 11 is 0. The third kappa shape index (κ3) is 3.48. The van der Waals surface area contributed by atoms with E-state index in [1.54, 1.807) is 0 Å². The molecule has 2 atom stereocenters.